The smallest absolute Gasteiger partial charge is 0.252 e. The lowest BCUT2D eigenvalue weighted by molar-refractivity contribution is 0.0951. The number of rotatable bonds is 5. The molecule has 110 valence electrons. The Balaban J connectivity index is 1.72. The predicted molar refractivity (Wildman–Crippen MR) is 78.7 cm³/mol. The molecule has 0 aromatic heterocycles. The second-order valence-electron chi connectivity index (χ2n) is 5.14. The van der Waals surface area contributed by atoms with Gasteiger partial charge in [0, 0.05) is 6.54 Å². The van der Waals surface area contributed by atoms with Crippen molar-refractivity contribution in [2.75, 3.05) is 26.2 Å². The third kappa shape index (κ3) is 4.46. The van der Waals surface area contributed by atoms with Crippen LogP contribution in [0.3, 0.4) is 0 Å². The van der Waals surface area contributed by atoms with Crippen LogP contribution in [0.4, 0.5) is 4.39 Å². The summed E-state index contributed by atoms with van der Waals surface area (Å²) in [4.78, 5) is 14.3. The Morgan fingerprint density at radius 1 is 1.30 bits per heavy atom. The summed E-state index contributed by atoms with van der Waals surface area (Å²) in [6.07, 6.45) is 4.80. The van der Waals surface area contributed by atoms with E-state index in [9.17, 15) is 9.18 Å². The maximum atomic E-state index is 12.9. The summed E-state index contributed by atoms with van der Waals surface area (Å²) < 4.78 is 12.9. The molecule has 5 heteroatoms. The normalized spacial score (nSPS) is 16.1. The second kappa shape index (κ2) is 7.60. The van der Waals surface area contributed by atoms with Gasteiger partial charge in [0.25, 0.3) is 5.91 Å². The minimum absolute atomic E-state index is 0.151. The molecule has 0 bridgehead atoms. The standard InChI is InChI=1S/C15H20ClFN2O/c16-14-11-12(17)5-6-13(14)15(20)18-7-4-10-19-8-2-1-3-9-19/h5-6,11H,1-4,7-10H2,(H,18,20). The number of piperidine rings is 1. The SMILES string of the molecule is O=C(NCCCN1CCCCC1)c1ccc(F)cc1Cl. The van der Waals surface area contributed by atoms with Crippen molar-refractivity contribution >= 4 is 17.5 Å². The first-order valence-electron chi connectivity index (χ1n) is 7.12. The Morgan fingerprint density at radius 2 is 2.05 bits per heavy atom. The van der Waals surface area contributed by atoms with E-state index in [-0.39, 0.29) is 10.9 Å². The molecule has 1 aliphatic rings. The summed E-state index contributed by atoms with van der Waals surface area (Å²) in [5.41, 5.74) is 0.325. The maximum absolute atomic E-state index is 12.9. The van der Waals surface area contributed by atoms with E-state index in [1.807, 2.05) is 0 Å². The van der Waals surface area contributed by atoms with E-state index in [0.717, 1.165) is 32.1 Å². The highest BCUT2D eigenvalue weighted by Gasteiger charge is 2.12. The molecule has 1 heterocycles. The van der Waals surface area contributed by atoms with Crippen LogP contribution in [0, 0.1) is 5.82 Å². The molecular weight excluding hydrogens is 279 g/mol. The van der Waals surface area contributed by atoms with Crippen LogP contribution in [0.5, 0.6) is 0 Å². The molecule has 3 nitrogen and oxygen atoms in total. The van der Waals surface area contributed by atoms with Crippen molar-refractivity contribution in [1.29, 1.82) is 0 Å². The summed E-state index contributed by atoms with van der Waals surface area (Å²) in [7, 11) is 0. The first kappa shape index (κ1) is 15.3. The predicted octanol–water partition coefficient (Wildman–Crippen LogP) is 3.08. The van der Waals surface area contributed by atoms with Crippen molar-refractivity contribution in [3.8, 4) is 0 Å². The molecule has 0 radical (unpaired) electrons. The molecule has 1 amide bonds. The van der Waals surface area contributed by atoms with Gasteiger partial charge in [-0.3, -0.25) is 4.79 Å². The van der Waals surface area contributed by atoms with E-state index in [1.165, 1.54) is 31.4 Å². The highest BCUT2D eigenvalue weighted by Crippen LogP contribution is 2.17. The number of benzene rings is 1. The van der Waals surface area contributed by atoms with E-state index in [2.05, 4.69) is 10.2 Å². The molecule has 20 heavy (non-hydrogen) atoms. The molecule has 1 N–H and O–H groups in total. The van der Waals surface area contributed by atoms with Gasteiger partial charge in [-0.2, -0.15) is 0 Å². The Kier molecular flexibility index (Phi) is 5.80. The van der Waals surface area contributed by atoms with E-state index >= 15 is 0 Å². The fourth-order valence-electron chi connectivity index (χ4n) is 2.46. The molecule has 0 atom stereocenters. The van der Waals surface area contributed by atoms with Crippen LogP contribution in [-0.2, 0) is 0 Å². The van der Waals surface area contributed by atoms with Crippen LogP contribution < -0.4 is 5.32 Å². The first-order chi connectivity index (χ1) is 9.66. The van der Waals surface area contributed by atoms with Crippen molar-refractivity contribution in [1.82, 2.24) is 10.2 Å². The van der Waals surface area contributed by atoms with E-state index in [1.54, 1.807) is 0 Å². The third-order valence-corrected chi connectivity index (χ3v) is 3.87. The number of amides is 1. The number of likely N-dealkylation sites (tertiary alicyclic amines) is 1. The lowest BCUT2D eigenvalue weighted by Gasteiger charge is -2.26. The van der Waals surface area contributed by atoms with Crippen LogP contribution in [0.15, 0.2) is 18.2 Å². The van der Waals surface area contributed by atoms with E-state index in [4.69, 9.17) is 11.6 Å². The topological polar surface area (TPSA) is 32.3 Å². The van der Waals surface area contributed by atoms with Gasteiger partial charge in [0.15, 0.2) is 0 Å². The Bertz CT molecular complexity index is 461. The molecule has 1 fully saturated rings. The Morgan fingerprint density at radius 3 is 2.75 bits per heavy atom. The Labute approximate surface area is 124 Å². The fourth-order valence-corrected chi connectivity index (χ4v) is 2.71. The summed E-state index contributed by atoms with van der Waals surface area (Å²) in [5, 5.41) is 2.98. The minimum Gasteiger partial charge on any atom is -0.352 e. The first-order valence-corrected chi connectivity index (χ1v) is 7.50. The minimum atomic E-state index is -0.434. The fraction of sp³-hybridized carbons (Fsp3) is 0.533. The molecule has 0 saturated carbocycles. The lowest BCUT2D eigenvalue weighted by atomic mass is 10.1. The zero-order chi connectivity index (χ0) is 14.4. The molecule has 1 aliphatic heterocycles. The van der Waals surface area contributed by atoms with Gasteiger partial charge in [-0.05, 0) is 57.1 Å². The number of hydrogen-bond acceptors (Lipinski definition) is 2. The van der Waals surface area contributed by atoms with E-state index in [0.29, 0.717) is 12.1 Å². The highest BCUT2D eigenvalue weighted by atomic mass is 35.5. The zero-order valence-corrected chi connectivity index (χ0v) is 12.3. The van der Waals surface area contributed by atoms with Crippen LogP contribution in [0.2, 0.25) is 5.02 Å². The van der Waals surface area contributed by atoms with Crippen LogP contribution >= 0.6 is 11.6 Å². The van der Waals surface area contributed by atoms with Crippen molar-refractivity contribution in [2.45, 2.75) is 25.7 Å². The lowest BCUT2D eigenvalue weighted by Crippen LogP contribution is -2.33. The van der Waals surface area contributed by atoms with Crippen molar-refractivity contribution in [2.24, 2.45) is 0 Å². The van der Waals surface area contributed by atoms with Gasteiger partial charge in [0.1, 0.15) is 5.82 Å². The third-order valence-electron chi connectivity index (χ3n) is 3.56. The monoisotopic (exact) mass is 298 g/mol. The van der Waals surface area contributed by atoms with E-state index < -0.39 is 5.82 Å². The van der Waals surface area contributed by atoms with Crippen LogP contribution in [-0.4, -0.2) is 37.0 Å². The average Bonchev–Trinajstić information content (AvgIpc) is 2.44. The summed E-state index contributed by atoms with van der Waals surface area (Å²) in [6, 6.07) is 3.82. The van der Waals surface area contributed by atoms with Gasteiger partial charge in [-0.25, -0.2) is 4.39 Å². The van der Waals surface area contributed by atoms with Gasteiger partial charge >= 0.3 is 0 Å². The average molecular weight is 299 g/mol. The number of nitrogens with zero attached hydrogens (tertiary/aromatic N) is 1. The summed E-state index contributed by atoms with van der Waals surface area (Å²) >= 11 is 5.85. The number of carbonyl (C=O) groups is 1. The quantitative estimate of drug-likeness (QED) is 0.847. The largest absolute Gasteiger partial charge is 0.352 e. The number of halogens is 2. The molecule has 1 saturated heterocycles. The molecule has 0 aliphatic carbocycles. The van der Waals surface area contributed by atoms with Crippen LogP contribution in [0.25, 0.3) is 0 Å². The number of hydrogen-bond donors (Lipinski definition) is 1. The van der Waals surface area contributed by atoms with Crippen molar-refractivity contribution in [3.63, 3.8) is 0 Å². The molecule has 1 aromatic rings. The maximum Gasteiger partial charge on any atom is 0.252 e. The van der Waals surface area contributed by atoms with Gasteiger partial charge in [-0.1, -0.05) is 18.0 Å². The van der Waals surface area contributed by atoms with Gasteiger partial charge in [-0.15, -0.1) is 0 Å². The van der Waals surface area contributed by atoms with Gasteiger partial charge in [0.05, 0.1) is 10.6 Å². The number of nitrogens with one attached hydrogen (secondary N) is 1. The highest BCUT2D eigenvalue weighted by molar-refractivity contribution is 6.33. The van der Waals surface area contributed by atoms with Crippen molar-refractivity contribution in [3.05, 3.63) is 34.6 Å². The summed E-state index contributed by atoms with van der Waals surface area (Å²) in [5.74, 6) is -0.676. The number of carbonyl (C=O) groups excluding carboxylic acids is 1. The Hall–Kier alpha value is -1.13. The van der Waals surface area contributed by atoms with Crippen molar-refractivity contribution < 1.29 is 9.18 Å². The molecular formula is C15H20ClFN2O. The second-order valence-corrected chi connectivity index (χ2v) is 5.54. The molecule has 1 aromatic carbocycles. The van der Waals surface area contributed by atoms with Gasteiger partial charge in [0.2, 0.25) is 0 Å². The summed E-state index contributed by atoms with van der Waals surface area (Å²) in [6.45, 7) is 3.95. The van der Waals surface area contributed by atoms with Gasteiger partial charge < -0.3 is 10.2 Å². The zero-order valence-electron chi connectivity index (χ0n) is 11.5. The molecule has 2 rings (SSSR count). The van der Waals surface area contributed by atoms with Crippen LogP contribution in [0.1, 0.15) is 36.0 Å². The molecule has 0 unspecified atom stereocenters. The molecule has 0 spiro atoms.